The van der Waals surface area contributed by atoms with Gasteiger partial charge < -0.3 is 5.84 Å². The third-order valence-corrected chi connectivity index (χ3v) is 1.35. The quantitative estimate of drug-likeness (QED) is 0.387. The minimum absolute atomic E-state index is 0.224. The van der Waals surface area contributed by atoms with Gasteiger partial charge in [-0.25, -0.2) is 4.39 Å². The summed E-state index contributed by atoms with van der Waals surface area (Å²) in [7, 11) is 0. The van der Waals surface area contributed by atoms with Crippen LogP contribution in [0, 0.1) is 5.82 Å². The Morgan fingerprint density at radius 2 is 2.00 bits per heavy atom. The van der Waals surface area contributed by atoms with E-state index >= 15 is 0 Å². The molecule has 0 aliphatic heterocycles. The van der Waals surface area contributed by atoms with Crippen LogP contribution in [0.15, 0.2) is 29.4 Å². The number of hydrazone groups is 1. The Balaban J connectivity index is 2.66. The molecule has 0 heterocycles. The van der Waals surface area contributed by atoms with Crippen molar-refractivity contribution in [2.45, 2.75) is 6.42 Å². The Labute approximate surface area is 64.5 Å². The van der Waals surface area contributed by atoms with E-state index in [1.807, 2.05) is 0 Å². The van der Waals surface area contributed by atoms with Gasteiger partial charge in [0.25, 0.3) is 0 Å². The van der Waals surface area contributed by atoms with Crippen LogP contribution in [0.3, 0.4) is 0 Å². The Morgan fingerprint density at radius 1 is 1.36 bits per heavy atom. The molecular formula is C8H9FN2. The summed E-state index contributed by atoms with van der Waals surface area (Å²) in [5.41, 5.74) is 1.00. The van der Waals surface area contributed by atoms with E-state index in [-0.39, 0.29) is 5.82 Å². The van der Waals surface area contributed by atoms with E-state index in [4.69, 9.17) is 5.84 Å². The molecule has 0 aliphatic carbocycles. The second-order valence-corrected chi connectivity index (χ2v) is 2.16. The second-order valence-electron chi connectivity index (χ2n) is 2.16. The van der Waals surface area contributed by atoms with Gasteiger partial charge in [-0.15, -0.1) is 0 Å². The number of hydrogen-bond donors (Lipinski definition) is 1. The summed E-state index contributed by atoms with van der Waals surface area (Å²) in [6.45, 7) is 0. The summed E-state index contributed by atoms with van der Waals surface area (Å²) in [4.78, 5) is 0. The van der Waals surface area contributed by atoms with Crippen molar-refractivity contribution in [1.29, 1.82) is 0 Å². The van der Waals surface area contributed by atoms with Crippen molar-refractivity contribution in [3.63, 3.8) is 0 Å². The number of nitrogens with two attached hydrogens (primary N) is 1. The number of halogens is 1. The summed E-state index contributed by atoms with van der Waals surface area (Å²) in [6, 6.07) is 6.24. The molecule has 0 bridgehead atoms. The molecule has 1 aromatic carbocycles. The maximum Gasteiger partial charge on any atom is 0.123 e. The van der Waals surface area contributed by atoms with E-state index in [9.17, 15) is 4.39 Å². The van der Waals surface area contributed by atoms with E-state index in [0.717, 1.165) is 5.56 Å². The predicted molar refractivity (Wildman–Crippen MR) is 42.8 cm³/mol. The van der Waals surface area contributed by atoms with Crippen LogP contribution in [0.4, 0.5) is 4.39 Å². The van der Waals surface area contributed by atoms with Crippen molar-refractivity contribution in [3.8, 4) is 0 Å². The molecule has 0 atom stereocenters. The molecule has 0 unspecified atom stereocenters. The van der Waals surface area contributed by atoms with Gasteiger partial charge >= 0.3 is 0 Å². The molecular weight excluding hydrogens is 143 g/mol. The molecule has 2 N–H and O–H groups in total. The summed E-state index contributed by atoms with van der Waals surface area (Å²) < 4.78 is 12.4. The molecule has 11 heavy (non-hydrogen) atoms. The molecule has 0 spiro atoms. The molecule has 1 aromatic rings. The Hall–Kier alpha value is -1.38. The van der Waals surface area contributed by atoms with E-state index in [1.165, 1.54) is 12.1 Å². The number of nitrogens with zero attached hydrogens (tertiary/aromatic N) is 1. The van der Waals surface area contributed by atoms with Gasteiger partial charge in [-0.1, -0.05) is 12.1 Å². The predicted octanol–water partition coefficient (Wildman–Crippen LogP) is 1.31. The smallest absolute Gasteiger partial charge is 0.123 e. The summed E-state index contributed by atoms with van der Waals surface area (Å²) >= 11 is 0. The highest BCUT2D eigenvalue weighted by molar-refractivity contribution is 5.60. The van der Waals surface area contributed by atoms with Gasteiger partial charge in [-0.2, -0.15) is 5.10 Å². The zero-order valence-electron chi connectivity index (χ0n) is 6.00. The second kappa shape index (κ2) is 3.71. The number of benzene rings is 1. The van der Waals surface area contributed by atoms with Crippen LogP contribution in [-0.4, -0.2) is 6.21 Å². The molecule has 0 amide bonds. The topological polar surface area (TPSA) is 38.4 Å². The monoisotopic (exact) mass is 152 g/mol. The summed E-state index contributed by atoms with van der Waals surface area (Å²) in [6.07, 6.45) is 2.23. The van der Waals surface area contributed by atoms with Crippen molar-refractivity contribution in [1.82, 2.24) is 0 Å². The lowest BCUT2D eigenvalue weighted by Gasteiger charge is -1.93. The van der Waals surface area contributed by atoms with E-state index in [0.29, 0.717) is 6.42 Å². The zero-order valence-corrected chi connectivity index (χ0v) is 6.00. The highest BCUT2D eigenvalue weighted by Gasteiger charge is 1.90. The maximum absolute atomic E-state index is 12.4. The van der Waals surface area contributed by atoms with E-state index < -0.39 is 0 Å². The van der Waals surface area contributed by atoms with Gasteiger partial charge in [0.1, 0.15) is 5.82 Å². The van der Waals surface area contributed by atoms with Crippen molar-refractivity contribution in [2.75, 3.05) is 0 Å². The Kier molecular flexibility index (Phi) is 2.60. The minimum Gasteiger partial charge on any atom is -0.324 e. The van der Waals surface area contributed by atoms with Crippen LogP contribution >= 0.6 is 0 Å². The van der Waals surface area contributed by atoms with Crippen LogP contribution in [0.5, 0.6) is 0 Å². The molecule has 0 fully saturated rings. The molecule has 0 saturated heterocycles. The van der Waals surface area contributed by atoms with Gasteiger partial charge in [-0.3, -0.25) is 0 Å². The van der Waals surface area contributed by atoms with Gasteiger partial charge in [0.15, 0.2) is 0 Å². The SMILES string of the molecule is N/N=C\Cc1ccc(F)cc1. The fourth-order valence-electron chi connectivity index (χ4n) is 0.779. The van der Waals surface area contributed by atoms with Gasteiger partial charge in [0.2, 0.25) is 0 Å². The fourth-order valence-corrected chi connectivity index (χ4v) is 0.779. The van der Waals surface area contributed by atoms with Crippen molar-refractivity contribution in [3.05, 3.63) is 35.6 Å². The average Bonchev–Trinajstić information content (AvgIpc) is 2.04. The van der Waals surface area contributed by atoms with Crippen LogP contribution < -0.4 is 5.84 Å². The van der Waals surface area contributed by atoms with Gasteiger partial charge in [0.05, 0.1) is 0 Å². The van der Waals surface area contributed by atoms with Gasteiger partial charge in [0, 0.05) is 12.6 Å². The Morgan fingerprint density at radius 3 is 2.55 bits per heavy atom. The highest BCUT2D eigenvalue weighted by Crippen LogP contribution is 2.01. The number of hydrogen-bond acceptors (Lipinski definition) is 2. The zero-order chi connectivity index (χ0) is 8.10. The lowest BCUT2D eigenvalue weighted by Crippen LogP contribution is -1.89. The lowest BCUT2D eigenvalue weighted by molar-refractivity contribution is 0.627. The van der Waals surface area contributed by atoms with Crippen molar-refractivity contribution in [2.24, 2.45) is 10.9 Å². The molecule has 0 aromatic heterocycles. The molecule has 58 valence electrons. The van der Waals surface area contributed by atoms with Crippen LogP contribution in [-0.2, 0) is 6.42 Å². The minimum atomic E-state index is -0.224. The first-order valence-electron chi connectivity index (χ1n) is 3.29. The van der Waals surface area contributed by atoms with Crippen molar-refractivity contribution < 1.29 is 4.39 Å². The molecule has 0 saturated carbocycles. The Bertz CT molecular complexity index is 241. The standard InChI is InChI=1S/C8H9FN2/c9-8-3-1-7(2-4-8)5-6-11-10/h1-4,6H,5,10H2/b11-6-. The van der Waals surface area contributed by atoms with Crippen LogP contribution in [0.25, 0.3) is 0 Å². The van der Waals surface area contributed by atoms with Crippen molar-refractivity contribution >= 4 is 6.21 Å². The summed E-state index contributed by atoms with van der Waals surface area (Å²) in [5, 5.41) is 3.33. The first-order valence-corrected chi connectivity index (χ1v) is 3.29. The maximum atomic E-state index is 12.4. The largest absolute Gasteiger partial charge is 0.324 e. The van der Waals surface area contributed by atoms with Gasteiger partial charge in [-0.05, 0) is 17.7 Å². The lowest BCUT2D eigenvalue weighted by atomic mass is 10.2. The van der Waals surface area contributed by atoms with E-state index in [1.54, 1.807) is 18.3 Å². The highest BCUT2D eigenvalue weighted by atomic mass is 19.1. The molecule has 3 heteroatoms. The van der Waals surface area contributed by atoms with Crippen LogP contribution in [0.2, 0.25) is 0 Å². The first-order chi connectivity index (χ1) is 5.33. The molecule has 2 nitrogen and oxygen atoms in total. The molecule has 1 rings (SSSR count). The number of rotatable bonds is 2. The van der Waals surface area contributed by atoms with E-state index in [2.05, 4.69) is 5.10 Å². The third kappa shape index (κ3) is 2.37. The summed E-state index contributed by atoms with van der Waals surface area (Å²) in [5.74, 6) is 4.68. The fraction of sp³-hybridized carbons (Fsp3) is 0.125. The molecule has 0 aliphatic rings. The molecule has 0 radical (unpaired) electrons. The normalized spacial score (nSPS) is 10.6. The average molecular weight is 152 g/mol. The van der Waals surface area contributed by atoms with Crippen LogP contribution in [0.1, 0.15) is 5.56 Å². The third-order valence-electron chi connectivity index (χ3n) is 1.35. The first kappa shape index (κ1) is 7.72.